The molecule has 0 aliphatic carbocycles. The van der Waals surface area contributed by atoms with Crippen LogP contribution in [0.5, 0.6) is 0 Å². The zero-order valence-electron chi connectivity index (χ0n) is 13.8. The van der Waals surface area contributed by atoms with Crippen LogP contribution in [0.15, 0.2) is 43.0 Å². The third-order valence-corrected chi connectivity index (χ3v) is 4.54. The number of amides is 2. The molecular weight excluding hydrogens is 306 g/mol. The molecule has 0 N–H and O–H groups in total. The second kappa shape index (κ2) is 7.49. The second-order valence-corrected chi connectivity index (χ2v) is 6.00. The molecule has 0 aromatic heterocycles. The maximum Gasteiger partial charge on any atom is 0.253 e. The number of carbonyl (C=O) groups is 2. The minimum atomic E-state index is -0.564. The standard InChI is InChI=1S/C18H23N3O3/c1-2-17(22)21-12-13-24-16(14-21)18(23)20-10-8-19(9-11-20)15-6-4-3-5-7-15/h2-7,16H,1,8-14H2. The Kier molecular flexibility index (Phi) is 5.15. The number of piperazine rings is 1. The molecule has 1 aromatic rings. The van der Waals surface area contributed by atoms with E-state index in [0.29, 0.717) is 32.8 Å². The Hall–Kier alpha value is -2.34. The maximum absolute atomic E-state index is 12.7. The van der Waals surface area contributed by atoms with Gasteiger partial charge in [-0.15, -0.1) is 0 Å². The molecule has 3 rings (SSSR count). The Balaban J connectivity index is 1.55. The molecule has 1 unspecified atom stereocenters. The third kappa shape index (κ3) is 3.59. The summed E-state index contributed by atoms with van der Waals surface area (Å²) in [4.78, 5) is 30.1. The number of ether oxygens (including phenoxy) is 1. The van der Waals surface area contributed by atoms with Crippen molar-refractivity contribution in [2.24, 2.45) is 0 Å². The molecule has 1 aromatic carbocycles. The van der Waals surface area contributed by atoms with Crippen LogP contribution in [0.4, 0.5) is 5.69 Å². The lowest BCUT2D eigenvalue weighted by Gasteiger charge is -2.39. The van der Waals surface area contributed by atoms with E-state index in [1.165, 1.54) is 11.8 Å². The molecule has 0 spiro atoms. The van der Waals surface area contributed by atoms with Gasteiger partial charge in [0.15, 0.2) is 6.10 Å². The van der Waals surface area contributed by atoms with E-state index >= 15 is 0 Å². The normalized spacial score (nSPS) is 21.5. The van der Waals surface area contributed by atoms with Crippen molar-refractivity contribution in [2.75, 3.05) is 50.8 Å². The highest BCUT2D eigenvalue weighted by Gasteiger charge is 2.32. The molecule has 128 valence electrons. The summed E-state index contributed by atoms with van der Waals surface area (Å²) in [5, 5.41) is 0. The molecule has 1 atom stereocenters. The van der Waals surface area contributed by atoms with Crippen molar-refractivity contribution in [1.82, 2.24) is 9.80 Å². The minimum absolute atomic E-state index is 0.0238. The van der Waals surface area contributed by atoms with E-state index < -0.39 is 6.10 Å². The van der Waals surface area contributed by atoms with Gasteiger partial charge in [-0.25, -0.2) is 0 Å². The molecule has 2 heterocycles. The number of rotatable bonds is 3. The smallest absolute Gasteiger partial charge is 0.253 e. The molecule has 0 radical (unpaired) electrons. The summed E-state index contributed by atoms with van der Waals surface area (Å²) in [5.74, 6) is -0.172. The first kappa shape index (κ1) is 16.5. The fourth-order valence-corrected chi connectivity index (χ4v) is 3.16. The summed E-state index contributed by atoms with van der Waals surface area (Å²) < 4.78 is 5.60. The van der Waals surface area contributed by atoms with Crippen molar-refractivity contribution in [3.63, 3.8) is 0 Å². The largest absolute Gasteiger partial charge is 0.368 e. The van der Waals surface area contributed by atoms with Gasteiger partial charge >= 0.3 is 0 Å². The Bertz CT molecular complexity index is 597. The summed E-state index contributed by atoms with van der Waals surface area (Å²) in [6.07, 6.45) is 0.719. The predicted molar refractivity (Wildman–Crippen MR) is 91.8 cm³/mol. The summed E-state index contributed by atoms with van der Waals surface area (Å²) in [5.41, 5.74) is 1.18. The first-order chi connectivity index (χ1) is 11.7. The molecule has 0 saturated carbocycles. The van der Waals surface area contributed by atoms with Gasteiger partial charge in [0.1, 0.15) is 0 Å². The van der Waals surface area contributed by atoms with E-state index in [9.17, 15) is 9.59 Å². The van der Waals surface area contributed by atoms with Crippen LogP contribution in [-0.2, 0) is 14.3 Å². The van der Waals surface area contributed by atoms with Crippen molar-refractivity contribution < 1.29 is 14.3 Å². The lowest BCUT2D eigenvalue weighted by Crippen LogP contribution is -2.56. The Morgan fingerprint density at radius 2 is 1.75 bits per heavy atom. The first-order valence-electron chi connectivity index (χ1n) is 8.31. The molecule has 2 fully saturated rings. The van der Waals surface area contributed by atoms with Crippen LogP contribution in [0.3, 0.4) is 0 Å². The van der Waals surface area contributed by atoms with Crippen LogP contribution in [0, 0.1) is 0 Å². The first-order valence-corrected chi connectivity index (χ1v) is 8.31. The number of para-hydroxylation sites is 1. The lowest BCUT2D eigenvalue weighted by atomic mass is 10.2. The molecule has 2 amide bonds. The molecule has 2 aliphatic rings. The van der Waals surface area contributed by atoms with Crippen LogP contribution in [-0.4, -0.2) is 73.6 Å². The molecule has 2 aliphatic heterocycles. The van der Waals surface area contributed by atoms with Gasteiger partial charge in [0.2, 0.25) is 5.91 Å². The van der Waals surface area contributed by atoms with E-state index in [1.54, 1.807) is 4.90 Å². The van der Waals surface area contributed by atoms with Crippen molar-refractivity contribution in [3.8, 4) is 0 Å². The van der Waals surface area contributed by atoms with Crippen LogP contribution in [0.2, 0.25) is 0 Å². The van der Waals surface area contributed by atoms with Gasteiger partial charge in [-0.05, 0) is 18.2 Å². The van der Waals surface area contributed by atoms with Crippen LogP contribution < -0.4 is 4.90 Å². The average Bonchev–Trinajstić information content (AvgIpc) is 2.67. The number of carbonyl (C=O) groups excluding carboxylic acids is 2. The van der Waals surface area contributed by atoms with Crippen LogP contribution in [0.1, 0.15) is 0 Å². The number of hydrogen-bond donors (Lipinski definition) is 0. The fraction of sp³-hybridized carbons (Fsp3) is 0.444. The molecule has 24 heavy (non-hydrogen) atoms. The second-order valence-electron chi connectivity index (χ2n) is 6.00. The molecule has 2 saturated heterocycles. The molecular formula is C18H23N3O3. The summed E-state index contributed by atoms with van der Waals surface area (Å²) >= 11 is 0. The van der Waals surface area contributed by atoms with E-state index in [1.807, 2.05) is 23.1 Å². The SMILES string of the molecule is C=CC(=O)N1CCOC(C(=O)N2CCN(c3ccccc3)CC2)C1. The van der Waals surface area contributed by atoms with Gasteiger partial charge < -0.3 is 19.4 Å². The summed E-state index contributed by atoms with van der Waals surface area (Å²) in [6, 6.07) is 10.2. The van der Waals surface area contributed by atoms with E-state index in [4.69, 9.17) is 4.74 Å². The highest BCUT2D eigenvalue weighted by atomic mass is 16.5. The number of nitrogens with zero attached hydrogens (tertiary/aromatic N) is 3. The third-order valence-electron chi connectivity index (χ3n) is 4.54. The van der Waals surface area contributed by atoms with Crippen LogP contribution in [0.25, 0.3) is 0 Å². The Morgan fingerprint density at radius 3 is 2.42 bits per heavy atom. The molecule has 6 heteroatoms. The highest BCUT2D eigenvalue weighted by molar-refractivity contribution is 5.88. The maximum atomic E-state index is 12.7. The number of morpholine rings is 1. The van der Waals surface area contributed by atoms with Gasteiger partial charge in [-0.3, -0.25) is 9.59 Å². The van der Waals surface area contributed by atoms with Crippen molar-refractivity contribution >= 4 is 17.5 Å². The number of hydrogen-bond acceptors (Lipinski definition) is 4. The minimum Gasteiger partial charge on any atom is -0.368 e. The van der Waals surface area contributed by atoms with Gasteiger partial charge in [0.05, 0.1) is 13.2 Å². The molecule has 0 bridgehead atoms. The lowest BCUT2D eigenvalue weighted by molar-refractivity contribution is -0.153. The quantitative estimate of drug-likeness (QED) is 0.768. The summed E-state index contributed by atoms with van der Waals surface area (Å²) in [7, 11) is 0. The van der Waals surface area contributed by atoms with E-state index in [2.05, 4.69) is 23.6 Å². The average molecular weight is 329 g/mol. The number of anilines is 1. The fourth-order valence-electron chi connectivity index (χ4n) is 3.16. The monoisotopic (exact) mass is 329 g/mol. The predicted octanol–water partition coefficient (Wildman–Crippen LogP) is 0.749. The molecule has 6 nitrogen and oxygen atoms in total. The van der Waals surface area contributed by atoms with Crippen molar-refractivity contribution in [2.45, 2.75) is 6.10 Å². The summed E-state index contributed by atoms with van der Waals surface area (Å²) in [6.45, 7) is 7.65. The Morgan fingerprint density at radius 1 is 1.04 bits per heavy atom. The van der Waals surface area contributed by atoms with Gasteiger partial charge in [0, 0.05) is 38.4 Å². The van der Waals surface area contributed by atoms with Gasteiger partial charge in [-0.1, -0.05) is 24.8 Å². The van der Waals surface area contributed by atoms with Gasteiger partial charge in [0.25, 0.3) is 5.91 Å². The zero-order chi connectivity index (χ0) is 16.9. The Labute approximate surface area is 142 Å². The van der Waals surface area contributed by atoms with E-state index in [-0.39, 0.29) is 11.8 Å². The topological polar surface area (TPSA) is 53.1 Å². The van der Waals surface area contributed by atoms with Crippen molar-refractivity contribution in [3.05, 3.63) is 43.0 Å². The zero-order valence-corrected chi connectivity index (χ0v) is 13.8. The highest BCUT2D eigenvalue weighted by Crippen LogP contribution is 2.17. The van der Waals surface area contributed by atoms with Gasteiger partial charge in [-0.2, -0.15) is 0 Å². The van der Waals surface area contributed by atoms with Crippen molar-refractivity contribution in [1.29, 1.82) is 0 Å². The number of benzene rings is 1. The van der Waals surface area contributed by atoms with Crippen LogP contribution >= 0.6 is 0 Å². The van der Waals surface area contributed by atoms with E-state index in [0.717, 1.165) is 13.1 Å².